The van der Waals surface area contributed by atoms with Crippen LogP contribution in [-0.4, -0.2) is 55.1 Å². The van der Waals surface area contributed by atoms with Crippen molar-refractivity contribution in [2.45, 2.75) is 12.8 Å². The Morgan fingerprint density at radius 2 is 2.04 bits per heavy atom. The summed E-state index contributed by atoms with van der Waals surface area (Å²) in [6.45, 7) is 2.15. The first kappa shape index (κ1) is 17.8. The van der Waals surface area contributed by atoms with E-state index in [-0.39, 0.29) is 12.4 Å². The van der Waals surface area contributed by atoms with Crippen molar-refractivity contribution in [1.82, 2.24) is 15.0 Å². The van der Waals surface area contributed by atoms with Crippen LogP contribution in [0.1, 0.15) is 12.8 Å². The largest absolute Gasteiger partial charge is 0.492 e. The SMILES string of the molecule is CS(=O)(=O)CCOc1cc(-c2cnc3[nH]ccc3n2)cc(N2CCCC2)c1. The molecule has 8 heteroatoms. The molecule has 27 heavy (non-hydrogen) atoms. The fourth-order valence-electron chi connectivity index (χ4n) is 3.25. The summed E-state index contributed by atoms with van der Waals surface area (Å²) < 4.78 is 28.5. The maximum Gasteiger partial charge on any atom is 0.156 e. The van der Waals surface area contributed by atoms with E-state index in [1.165, 1.54) is 19.1 Å². The second-order valence-corrected chi connectivity index (χ2v) is 9.11. The van der Waals surface area contributed by atoms with E-state index >= 15 is 0 Å². The standard InChI is InChI=1S/C19H22N4O3S/c1-27(24,25)9-8-26-16-11-14(10-15(12-16)23-6-2-3-7-23)18-13-21-19-17(22-18)4-5-20-19/h4-5,10-13H,2-3,6-9H2,1H3,(H,20,21). The van der Waals surface area contributed by atoms with Crippen LogP contribution in [0.2, 0.25) is 0 Å². The molecule has 1 N–H and O–H groups in total. The number of anilines is 1. The van der Waals surface area contributed by atoms with Gasteiger partial charge in [-0.05, 0) is 31.0 Å². The molecule has 0 unspecified atom stereocenters. The first-order valence-corrected chi connectivity index (χ1v) is 11.1. The third-order valence-corrected chi connectivity index (χ3v) is 5.55. The minimum Gasteiger partial charge on any atom is -0.492 e. The van der Waals surface area contributed by atoms with Crippen LogP contribution in [0.15, 0.2) is 36.7 Å². The molecule has 0 atom stereocenters. The summed E-state index contributed by atoms with van der Waals surface area (Å²) in [5.41, 5.74) is 4.29. The molecule has 7 nitrogen and oxygen atoms in total. The number of nitrogens with one attached hydrogen (secondary N) is 1. The lowest BCUT2D eigenvalue weighted by Gasteiger charge is -2.20. The van der Waals surface area contributed by atoms with Gasteiger partial charge in [-0.1, -0.05) is 0 Å². The average molecular weight is 386 g/mol. The lowest BCUT2D eigenvalue weighted by Crippen LogP contribution is -2.18. The zero-order chi connectivity index (χ0) is 18.9. The van der Waals surface area contributed by atoms with E-state index in [0.29, 0.717) is 5.75 Å². The summed E-state index contributed by atoms with van der Waals surface area (Å²) in [5.74, 6) is 0.639. The first-order valence-electron chi connectivity index (χ1n) is 8.99. The Hall–Kier alpha value is -2.61. The van der Waals surface area contributed by atoms with E-state index in [9.17, 15) is 8.42 Å². The van der Waals surface area contributed by atoms with Crippen molar-refractivity contribution in [3.05, 3.63) is 36.7 Å². The van der Waals surface area contributed by atoms with Crippen LogP contribution >= 0.6 is 0 Å². The van der Waals surface area contributed by atoms with Gasteiger partial charge in [-0.3, -0.25) is 0 Å². The molecule has 1 aliphatic rings. The quantitative estimate of drug-likeness (QED) is 0.701. The van der Waals surface area contributed by atoms with E-state index in [1.807, 2.05) is 24.4 Å². The fraction of sp³-hybridized carbons (Fsp3) is 0.368. The number of hydrogen-bond acceptors (Lipinski definition) is 6. The highest BCUT2D eigenvalue weighted by Gasteiger charge is 2.16. The highest BCUT2D eigenvalue weighted by atomic mass is 32.2. The summed E-state index contributed by atoms with van der Waals surface area (Å²) >= 11 is 0. The molecule has 0 amide bonds. The number of fused-ring (bicyclic) bond motifs is 1. The molecule has 1 aliphatic heterocycles. The van der Waals surface area contributed by atoms with Gasteiger partial charge in [0.05, 0.1) is 17.6 Å². The van der Waals surface area contributed by atoms with Gasteiger partial charge in [-0.15, -0.1) is 0 Å². The van der Waals surface area contributed by atoms with Crippen molar-refractivity contribution in [3.63, 3.8) is 0 Å². The Morgan fingerprint density at radius 1 is 1.22 bits per heavy atom. The van der Waals surface area contributed by atoms with Crippen molar-refractivity contribution >= 4 is 26.7 Å². The fourth-order valence-corrected chi connectivity index (χ4v) is 3.64. The van der Waals surface area contributed by atoms with E-state index < -0.39 is 9.84 Å². The van der Waals surface area contributed by atoms with Crippen molar-refractivity contribution < 1.29 is 13.2 Å². The summed E-state index contributed by atoms with van der Waals surface area (Å²) in [7, 11) is -3.06. The minimum atomic E-state index is -3.06. The smallest absolute Gasteiger partial charge is 0.156 e. The van der Waals surface area contributed by atoms with Gasteiger partial charge in [-0.25, -0.2) is 18.4 Å². The van der Waals surface area contributed by atoms with Crippen LogP contribution in [0, 0.1) is 0 Å². The van der Waals surface area contributed by atoms with Gasteiger partial charge in [0.15, 0.2) is 15.5 Å². The molecule has 4 rings (SSSR count). The maximum absolute atomic E-state index is 11.4. The second kappa shape index (κ2) is 7.19. The number of H-pyrrole nitrogens is 1. The van der Waals surface area contributed by atoms with Gasteiger partial charge in [-0.2, -0.15) is 0 Å². The zero-order valence-corrected chi connectivity index (χ0v) is 16.0. The van der Waals surface area contributed by atoms with E-state index in [2.05, 4.69) is 25.9 Å². The molecule has 0 bridgehead atoms. The number of aromatic amines is 1. The number of hydrogen-bond donors (Lipinski definition) is 1. The van der Waals surface area contributed by atoms with Crippen molar-refractivity contribution in [2.75, 3.05) is 36.6 Å². The first-order chi connectivity index (χ1) is 13.0. The number of ether oxygens (including phenoxy) is 1. The highest BCUT2D eigenvalue weighted by molar-refractivity contribution is 7.90. The molecule has 3 heterocycles. The molecule has 0 radical (unpaired) electrons. The Labute approximate surface area is 158 Å². The summed E-state index contributed by atoms with van der Waals surface area (Å²) in [6, 6.07) is 7.85. The third-order valence-electron chi connectivity index (χ3n) is 4.64. The van der Waals surface area contributed by atoms with Crippen molar-refractivity contribution in [2.24, 2.45) is 0 Å². The molecule has 0 spiro atoms. The Balaban J connectivity index is 1.68. The lowest BCUT2D eigenvalue weighted by molar-refractivity contribution is 0.341. The molecule has 3 aromatic rings. The van der Waals surface area contributed by atoms with Crippen LogP contribution in [0.25, 0.3) is 22.4 Å². The monoisotopic (exact) mass is 386 g/mol. The number of nitrogens with zero attached hydrogens (tertiary/aromatic N) is 3. The number of rotatable bonds is 6. The third kappa shape index (κ3) is 4.21. The molecule has 142 valence electrons. The Kier molecular flexibility index (Phi) is 4.73. The van der Waals surface area contributed by atoms with E-state index in [0.717, 1.165) is 41.2 Å². The molecule has 2 aromatic heterocycles. The highest BCUT2D eigenvalue weighted by Crippen LogP contribution is 2.31. The van der Waals surface area contributed by atoms with E-state index in [1.54, 1.807) is 6.20 Å². The maximum atomic E-state index is 11.4. The topological polar surface area (TPSA) is 88.2 Å². The minimum absolute atomic E-state index is 0.00854. The van der Waals surface area contributed by atoms with Crippen LogP contribution < -0.4 is 9.64 Å². The summed E-state index contributed by atoms with van der Waals surface area (Å²) in [5, 5.41) is 0. The molecule has 1 saturated heterocycles. The van der Waals surface area contributed by atoms with Crippen molar-refractivity contribution in [1.29, 1.82) is 0 Å². The van der Waals surface area contributed by atoms with Gasteiger partial charge in [0.2, 0.25) is 0 Å². The van der Waals surface area contributed by atoms with Crippen molar-refractivity contribution in [3.8, 4) is 17.0 Å². The summed E-state index contributed by atoms with van der Waals surface area (Å²) in [6.07, 6.45) is 7.11. The van der Waals surface area contributed by atoms with Crippen LogP contribution in [0.3, 0.4) is 0 Å². The number of aromatic nitrogens is 3. The van der Waals surface area contributed by atoms with Gasteiger partial charge in [0, 0.05) is 42.9 Å². The zero-order valence-electron chi connectivity index (χ0n) is 15.2. The average Bonchev–Trinajstić information content (AvgIpc) is 3.31. The molecule has 0 saturated carbocycles. The number of sulfone groups is 1. The van der Waals surface area contributed by atoms with Crippen LogP contribution in [0.5, 0.6) is 5.75 Å². The molecular formula is C19H22N4O3S. The molecule has 1 aromatic carbocycles. The molecule has 0 aliphatic carbocycles. The van der Waals surface area contributed by atoms with E-state index in [4.69, 9.17) is 4.74 Å². The van der Waals surface area contributed by atoms with Gasteiger partial charge < -0.3 is 14.6 Å². The predicted molar refractivity (Wildman–Crippen MR) is 106 cm³/mol. The number of benzene rings is 1. The van der Waals surface area contributed by atoms with Gasteiger partial charge >= 0.3 is 0 Å². The molecule has 1 fully saturated rings. The Bertz CT molecular complexity index is 1060. The normalized spacial score (nSPS) is 14.8. The van der Waals surface area contributed by atoms with Gasteiger partial charge in [0.1, 0.15) is 17.9 Å². The van der Waals surface area contributed by atoms with Gasteiger partial charge in [0.25, 0.3) is 0 Å². The predicted octanol–water partition coefficient (Wildman–Crippen LogP) is 2.65. The van der Waals surface area contributed by atoms with Crippen LogP contribution in [-0.2, 0) is 9.84 Å². The lowest BCUT2D eigenvalue weighted by atomic mass is 10.1. The second-order valence-electron chi connectivity index (χ2n) is 6.85. The Morgan fingerprint density at radius 3 is 2.81 bits per heavy atom. The summed E-state index contributed by atoms with van der Waals surface area (Å²) in [4.78, 5) is 14.4. The molecular weight excluding hydrogens is 364 g/mol. The van der Waals surface area contributed by atoms with Crippen LogP contribution in [0.4, 0.5) is 5.69 Å².